The first kappa shape index (κ1) is 10.6. The Kier molecular flexibility index (Phi) is 2.82. The maximum Gasteiger partial charge on any atom is 0.382 e. The van der Waals surface area contributed by atoms with E-state index in [4.69, 9.17) is 15.3 Å². The second kappa shape index (κ2) is 3.72. The molecule has 0 aromatic heterocycles. The van der Waals surface area contributed by atoms with Crippen molar-refractivity contribution in [3.05, 3.63) is 0 Å². The van der Waals surface area contributed by atoms with Crippen LogP contribution in [0.25, 0.3) is 0 Å². The summed E-state index contributed by atoms with van der Waals surface area (Å²) >= 11 is 0. The van der Waals surface area contributed by atoms with Gasteiger partial charge in [-0.05, 0) is 0 Å². The highest BCUT2D eigenvalue weighted by Crippen LogP contribution is 2.10. The van der Waals surface area contributed by atoms with Crippen LogP contribution in [0.1, 0.15) is 0 Å². The van der Waals surface area contributed by atoms with Crippen molar-refractivity contribution in [1.82, 2.24) is 4.90 Å². The van der Waals surface area contributed by atoms with E-state index in [0.29, 0.717) is 0 Å². The minimum atomic E-state index is -1.84. The summed E-state index contributed by atoms with van der Waals surface area (Å²) in [5.74, 6) is -4.62. The van der Waals surface area contributed by atoms with Crippen LogP contribution < -0.4 is 0 Å². The summed E-state index contributed by atoms with van der Waals surface area (Å²) in [4.78, 5) is 32.7. The van der Waals surface area contributed by atoms with Crippen molar-refractivity contribution in [2.45, 2.75) is 12.2 Å². The molecule has 1 aliphatic rings. The number of carboxylic acid groups (broad SMARTS) is 1. The Morgan fingerprint density at radius 2 is 1.50 bits per heavy atom. The van der Waals surface area contributed by atoms with Crippen LogP contribution in [0.5, 0.6) is 0 Å². The number of carbonyl (C=O) groups excluding carboxylic acids is 2. The molecule has 0 radical (unpaired) electrons. The quantitative estimate of drug-likeness (QED) is 0.330. The number of aliphatic hydroxyl groups excluding tert-OH is 2. The van der Waals surface area contributed by atoms with Crippen LogP contribution in [-0.4, -0.2) is 63.2 Å². The second-order valence-corrected chi connectivity index (χ2v) is 2.98. The predicted molar refractivity (Wildman–Crippen MR) is 41.2 cm³/mol. The number of ketones is 1. The molecule has 0 saturated carbocycles. The Balaban J connectivity index is 2.64. The summed E-state index contributed by atoms with van der Waals surface area (Å²) in [6, 6.07) is 0. The van der Waals surface area contributed by atoms with E-state index in [-0.39, 0.29) is 13.1 Å². The van der Waals surface area contributed by atoms with Gasteiger partial charge in [-0.3, -0.25) is 9.59 Å². The summed E-state index contributed by atoms with van der Waals surface area (Å²) in [5.41, 5.74) is 0. The van der Waals surface area contributed by atoms with Gasteiger partial charge in [-0.25, -0.2) is 4.79 Å². The van der Waals surface area contributed by atoms with Gasteiger partial charge >= 0.3 is 17.7 Å². The fourth-order valence-electron chi connectivity index (χ4n) is 1.17. The van der Waals surface area contributed by atoms with Crippen molar-refractivity contribution in [3.63, 3.8) is 0 Å². The zero-order chi connectivity index (χ0) is 10.9. The van der Waals surface area contributed by atoms with Crippen LogP contribution in [0.4, 0.5) is 0 Å². The van der Waals surface area contributed by atoms with Gasteiger partial charge in [0.05, 0.1) is 12.2 Å². The molecule has 1 amide bonds. The van der Waals surface area contributed by atoms with E-state index >= 15 is 0 Å². The van der Waals surface area contributed by atoms with Crippen molar-refractivity contribution < 1.29 is 29.7 Å². The molecule has 0 aromatic carbocycles. The van der Waals surface area contributed by atoms with Crippen LogP contribution in [0.15, 0.2) is 0 Å². The van der Waals surface area contributed by atoms with Crippen molar-refractivity contribution in [3.8, 4) is 0 Å². The lowest BCUT2D eigenvalue weighted by molar-refractivity contribution is -0.156. The third-order valence-electron chi connectivity index (χ3n) is 1.93. The average molecular weight is 203 g/mol. The highest BCUT2D eigenvalue weighted by molar-refractivity contribution is 6.61. The SMILES string of the molecule is O=C(O)C(=O)C(=O)N1C[C@@H](O)[C@@H](O)C1. The Morgan fingerprint density at radius 3 is 1.86 bits per heavy atom. The maximum atomic E-state index is 11.1. The standard InChI is InChI=1S/C7H9NO6/c9-3-1-8(2-4(3)10)6(12)5(11)7(13)14/h3-4,9-10H,1-2H2,(H,13,14)/t3-,4+. The number of likely N-dealkylation sites (tertiary alicyclic amines) is 1. The molecule has 1 aliphatic heterocycles. The van der Waals surface area contributed by atoms with Gasteiger partial charge in [-0.2, -0.15) is 0 Å². The second-order valence-electron chi connectivity index (χ2n) is 2.98. The van der Waals surface area contributed by atoms with Gasteiger partial charge in [0.15, 0.2) is 0 Å². The first-order valence-electron chi connectivity index (χ1n) is 3.86. The van der Waals surface area contributed by atoms with Crippen LogP contribution in [0.3, 0.4) is 0 Å². The highest BCUT2D eigenvalue weighted by atomic mass is 16.4. The number of aliphatic hydroxyl groups is 2. The molecule has 3 N–H and O–H groups in total. The molecule has 1 saturated heterocycles. The molecule has 14 heavy (non-hydrogen) atoms. The minimum absolute atomic E-state index is 0.223. The van der Waals surface area contributed by atoms with E-state index in [1.165, 1.54) is 0 Å². The number of Topliss-reactive ketones (excluding diaryl/α,β-unsaturated/α-hetero) is 1. The molecule has 2 atom stereocenters. The lowest BCUT2D eigenvalue weighted by atomic mass is 10.3. The molecule has 78 valence electrons. The predicted octanol–water partition coefficient (Wildman–Crippen LogP) is -2.80. The lowest BCUT2D eigenvalue weighted by Crippen LogP contribution is -2.39. The summed E-state index contributed by atoms with van der Waals surface area (Å²) < 4.78 is 0. The summed E-state index contributed by atoms with van der Waals surface area (Å²) in [6.45, 7) is -0.446. The summed E-state index contributed by atoms with van der Waals surface area (Å²) in [5, 5.41) is 26.3. The number of aliphatic carboxylic acids is 1. The van der Waals surface area contributed by atoms with E-state index in [1.807, 2.05) is 0 Å². The summed E-state index contributed by atoms with van der Waals surface area (Å²) in [6.07, 6.45) is -2.25. The topological polar surface area (TPSA) is 115 Å². The normalized spacial score (nSPS) is 26.3. The van der Waals surface area contributed by atoms with Crippen LogP contribution in [0.2, 0.25) is 0 Å². The molecular formula is C7H9NO6. The van der Waals surface area contributed by atoms with E-state index in [1.54, 1.807) is 0 Å². The molecule has 1 heterocycles. The van der Waals surface area contributed by atoms with E-state index < -0.39 is 29.9 Å². The number of hydrogen-bond donors (Lipinski definition) is 3. The smallest absolute Gasteiger partial charge is 0.382 e. The van der Waals surface area contributed by atoms with E-state index in [0.717, 1.165) is 4.90 Å². The van der Waals surface area contributed by atoms with Crippen LogP contribution in [0, 0.1) is 0 Å². The monoisotopic (exact) mass is 203 g/mol. The first-order valence-corrected chi connectivity index (χ1v) is 3.86. The Hall–Kier alpha value is -1.47. The molecule has 7 nitrogen and oxygen atoms in total. The number of nitrogens with zero attached hydrogens (tertiary/aromatic N) is 1. The van der Waals surface area contributed by atoms with Crippen molar-refractivity contribution >= 4 is 17.7 Å². The minimum Gasteiger partial charge on any atom is -0.475 e. The number of hydrogen-bond acceptors (Lipinski definition) is 5. The van der Waals surface area contributed by atoms with Crippen molar-refractivity contribution in [2.24, 2.45) is 0 Å². The fourth-order valence-corrected chi connectivity index (χ4v) is 1.17. The maximum absolute atomic E-state index is 11.1. The highest BCUT2D eigenvalue weighted by Gasteiger charge is 2.37. The number of amides is 1. The van der Waals surface area contributed by atoms with Crippen molar-refractivity contribution in [2.75, 3.05) is 13.1 Å². The number of carbonyl (C=O) groups is 3. The number of β-amino-alcohol motifs (C(OH)–C–C–N with tert-alkyl or cyclic N) is 2. The van der Waals surface area contributed by atoms with Gasteiger partial charge in [0.1, 0.15) is 0 Å². The van der Waals surface area contributed by atoms with Gasteiger partial charge in [-0.1, -0.05) is 0 Å². The third-order valence-corrected chi connectivity index (χ3v) is 1.93. The largest absolute Gasteiger partial charge is 0.475 e. The van der Waals surface area contributed by atoms with E-state index in [9.17, 15) is 14.4 Å². The Bertz CT molecular complexity index is 278. The molecule has 0 bridgehead atoms. The first-order chi connectivity index (χ1) is 6.43. The molecule has 0 aromatic rings. The number of rotatable bonds is 2. The van der Waals surface area contributed by atoms with Crippen molar-refractivity contribution in [1.29, 1.82) is 0 Å². The van der Waals surface area contributed by atoms with Gasteiger partial charge in [0.25, 0.3) is 0 Å². The molecule has 1 fully saturated rings. The number of carboxylic acids is 1. The average Bonchev–Trinajstić information content (AvgIpc) is 2.44. The van der Waals surface area contributed by atoms with Gasteiger partial charge in [-0.15, -0.1) is 0 Å². The Morgan fingerprint density at radius 1 is 1.07 bits per heavy atom. The molecule has 0 aliphatic carbocycles. The lowest BCUT2D eigenvalue weighted by Gasteiger charge is -2.11. The van der Waals surface area contributed by atoms with Crippen LogP contribution in [-0.2, 0) is 14.4 Å². The van der Waals surface area contributed by atoms with Gasteiger partial charge < -0.3 is 20.2 Å². The van der Waals surface area contributed by atoms with Gasteiger partial charge in [0, 0.05) is 13.1 Å². The van der Waals surface area contributed by atoms with Crippen LogP contribution >= 0.6 is 0 Å². The molecule has 1 rings (SSSR count). The molecule has 0 spiro atoms. The molecular weight excluding hydrogens is 194 g/mol. The third kappa shape index (κ3) is 1.88. The molecule has 0 unspecified atom stereocenters. The van der Waals surface area contributed by atoms with Gasteiger partial charge in [0.2, 0.25) is 0 Å². The van der Waals surface area contributed by atoms with E-state index in [2.05, 4.69) is 0 Å². The Labute approximate surface area is 78.6 Å². The molecule has 7 heteroatoms. The zero-order valence-electron chi connectivity index (χ0n) is 7.08. The summed E-state index contributed by atoms with van der Waals surface area (Å²) in [7, 11) is 0. The fraction of sp³-hybridized carbons (Fsp3) is 0.571. The zero-order valence-corrected chi connectivity index (χ0v) is 7.08.